The summed E-state index contributed by atoms with van der Waals surface area (Å²) in [6, 6.07) is 17.3. The molecule has 3 amide bonds. The highest BCUT2D eigenvalue weighted by Crippen LogP contribution is 2.35. The second-order valence-corrected chi connectivity index (χ2v) is 9.47. The quantitative estimate of drug-likeness (QED) is 0.431. The maximum atomic E-state index is 13.0. The van der Waals surface area contributed by atoms with E-state index in [0.29, 0.717) is 33.9 Å². The first kappa shape index (κ1) is 25.3. The SMILES string of the molecule is COc1ccc(NC(=O)CSC2=Nc3ccccc3C3=NC(=O)C(CCC(=O)NCc4ccco4)N23)cc1. The lowest BCUT2D eigenvalue weighted by Gasteiger charge is -2.31. The number of benzene rings is 2. The van der Waals surface area contributed by atoms with Gasteiger partial charge in [-0.1, -0.05) is 23.9 Å². The summed E-state index contributed by atoms with van der Waals surface area (Å²) >= 11 is 1.21. The van der Waals surface area contributed by atoms with Gasteiger partial charge in [0.1, 0.15) is 23.4 Å². The van der Waals surface area contributed by atoms with Crippen molar-refractivity contribution in [3.8, 4) is 5.75 Å². The van der Waals surface area contributed by atoms with Gasteiger partial charge < -0.3 is 19.8 Å². The van der Waals surface area contributed by atoms with Crippen molar-refractivity contribution in [2.75, 3.05) is 18.2 Å². The van der Waals surface area contributed by atoms with E-state index in [1.54, 1.807) is 54.7 Å². The van der Waals surface area contributed by atoms with Gasteiger partial charge in [-0.25, -0.2) is 4.99 Å². The Morgan fingerprint density at radius 3 is 2.63 bits per heavy atom. The van der Waals surface area contributed by atoms with Gasteiger partial charge in [-0.15, -0.1) is 0 Å². The second-order valence-electron chi connectivity index (χ2n) is 8.53. The van der Waals surface area contributed by atoms with Crippen molar-refractivity contribution in [1.29, 1.82) is 0 Å². The number of aliphatic imine (C=N–C) groups is 2. The molecule has 5 rings (SSSR count). The Balaban J connectivity index is 1.27. The average Bonchev–Trinajstić information content (AvgIpc) is 3.57. The van der Waals surface area contributed by atoms with E-state index < -0.39 is 6.04 Å². The van der Waals surface area contributed by atoms with E-state index in [0.717, 1.165) is 5.56 Å². The zero-order valence-electron chi connectivity index (χ0n) is 20.5. The first-order chi connectivity index (χ1) is 18.5. The fourth-order valence-electron chi connectivity index (χ4n) is 4.13. The van der Waals surface area contributed by atoms with Gasteiger partial charge in [0, 0.05) is 17.7 Å². The summed E-state index contributed by atoms with van der Waals surface area (Å²) in [6.45, 7) is 0.273. The van der Waals surface area contributed by atoms with Gasteiger partial charge in [-0.05, 0) is 55.0 Å². The van der Waals surface area contributed by atoms with Crippen molar-refractivity contribution in [1.82, 2.24) is 10.2 Å². The topological polar surface area (TPSA) is 126 Å². The van der Waals surface area contributed by atoms with Crippen LogP contribution in [0.4, 0.5) is 11.4 Å². The fourth-order valence-corrected chi connectivity index (χ4v) is 4.98. The van der Waals surface area contributed by atoms with Crippen LogP contribution in [0.15, 0.2) is 81.3 Å². The van der Waals surface area contributed by atoms with Gasteiger partial charge in [0.25, 0.3) is 5.91 Å². The summed E-state index contributed by atoms with van der Waals surface area (Å²) in [6.07, 6.45) is 1.91. The molecule has 1 unspecified atom stereocenters. The van der Waals surface area contributed by atoms with E-state index in [2.05, 4.69) is 15.6 Å². The maximum Gasteiger partial charge on any atom is 0.270 e. The van der Waals surface area contributed by atoms with Gasteiger partial charge in [0.2, 0.25) is 11.8 Å². The third-order valence-electron chi connectivity index (χ3n) is 6.00. The lowest BCUT2D eigenvalue weighted by molar-refractivity contribution is -0.122. The molecule has 0 spiro atoms. The van der Waals surface area contributed by atoms with Crippen LogP contribution in [0.5, 0.6) is 5.75 Å². The predicted molar refractivity (Wildman–Crippen MR) is 145 cm³/mol. The van der Waals surface area contributed by atoms with Crippen LogP contribution in [0.1, 0.15) is 24.2 Å². The molecular formula is C27H25N5O5S. The number of furan rings is 1. The number of nitrogens with zero attached hydrogens (tertiary/aromatic N) is 3. The third-order valence-corrected chi connectivity index (χ3v) is 6.95. The molecule has 2 N–H and O–H groups in total. The number of amidine groups is 2. The number of thioether (sulfide) groups is 1. The van der Waals surface area contributed by atoms with Crippen LogP contribution in [0.2, 0.25) is 0 Å². The van der Waals surface area contributed by atoms with E-state index >= 15 is 0 Å². The van der Waals surface area contributed by atoms with Crippen LogP contribution < -0.4 is 15.4 Å². The average molecular weight is 532 g/mol. The molecule has 0 aliphatic carbocycles. The van der Waals surface area contributed by atoms with Crippen LogP contribution in [0, 0.1) is 0 Å². The largest absolute Gasteiger partial charge is 0.497 e. The molecule has 194 valence electrons. The summed E-state index contributed by atoms with van der Waals surface area (Å²) < 4.78 is 10.4. The number of hydrogen-bond acceptors (Lipinski definition) is 8. The molecule has 11 heteroatoms. The van der Waals surface area contributed by atoms with Gasteiger partial charge in [0.05, 0.1) is 31.4 Å². The normalized spacial score (nSPS) is 15.8. The Hall–Kier alpha value is -4.38. The van der Waals surface area contributed by atoms with E-state index in [1.807, 2.05) is 24.3 Å². The van der Waals surface area contributed by atoms with Crippen molar-refractivity contribution in [2.45, 2.75) is 25.4 Å². The molecule has 1 atom stereocenters. The highest BCUT2D eigenvalue weighted by molar-refractivity contribution is 8.14. The molecule has 0 saturated heterocycles. The van der Waals surface area contributed by atoms with Crippen LogP contribution in [-0.2, 0) is 20.9 Å². The van der Waals surface area contributed by atoms with Crippen LogP contribution in [0.25, 0.3) is 0 Å². The molecule has 10 nitrogen and oxygen atoms in total. The number of para-hydroxylation sites is 1. The fraction of sp³-hybridized carbons (Fsp3) is 0.222. The molecule has 3 aromatic rings. The zero-order valence-corrected chi connectivity index (χ0v) is 21.4. The minimum atomic E-state index is -0.691. The molecule has 3 heterocycles. The number of methoxy groups -OCH3 is 1. The van der Waals surface area contributed by atoms with Crippen molar-refractivity contribution in [2.24, 2.45) is 9.98 Å². The predicted octanol–water partition coefficient (Wildman–Crippen LogP) is 3.72. The molecule has 0 fully saturated rings. The van der Waals surface area contributed by atoms with Crippen molar-refractivity contribution in [3.63, 3.8) is 0 Å². The minimum Gasteiger partial charge on any atom is -0.497 e. The van der Waals surface area contributed by atoms with Crippen LogP contribution in [0.3, 0.4) is 0 Å². The number of ether oxygens (including phenoxy) is 1. The maximum absolute atomic E-state index is 13.0. The molecule has 0 saturated carbocycles. The molecule has 38 heavy (non-hydrogen) atoms. The number of amides is 3. The van der Waals surface area contributed by atoms with Gasteiger partial charge in [-0.2, -0.15) is 4.99 Å². The van der Waals surface area contributed by atoms with Gasteiger partial charge >= 0.3 is 0 Å². The second kappa shape index (κ2) is 11.3. The molecule has 1 aromatic heterocycles. The lowest BCUT2D eigenvalue weighted by Crippen LogP contribution is -2.44. The van der Waals surface area contributed by atoms with Crippen molar-refractivity contribution < 1.29 is 23.5 Å². The van der Waals surface area contributed by atoms with Gasteiger partial charge in [0.15, 0.2) is 5.17 Å². The molecule has 2 aliphatic heterocycles. The smallest absolute Gasteiger partial charge is 0.270 e. The number of carbonyl (C=O) groups is 3. The summed E-state index contributed by atoms with van der Waals surface area (Å²) in [7, 11) is 1.58. The first-order valence-electron chi connectivity index (χ1n) is 12.0. The number of rotatable bonds is 9. The van der Waals surface area contributed by atoms with E-state index in [9.17, 15) is 14.4 Å². The monoisotopic (exact) mass is 531 g/mol. The summed E-state index contributed by atoms with van der Waals surface area (Å²) in [4.78, 5) is 48.9. The highest BCUT2D eigenvalue weighted by Gasteiger charge is 2.41. The first-order valence-corrected chi connectivity index (χ1v) is 13.0. The zero-order chi connectivity index (χ0) is 26.5. The molecule has 2 aliphatic rings. The Morgan fingerprint density at radius 2 is 1.87 bits per heavy atom. The van der Waals surface area contributed by atoms with Crippen molar-refractivity contribution >= 4 is 51.9 Å². The van der Waals surface area contributed by atoms with Crippen LogP contribution in [-0.4, -0.2) is 52.5 Å². The van der Waals surface area contributed by atoms with E-state index in [4.69, 9.17) is 14.1 Å². The minimum absolute atomic E-state index is 0.0708. The summed E-state index contributed by atoms with van der Waals surface area (Å²) in [5.74, 6) is 1.13. The van der Waals surface area contributed by atoms with Crippen molar-refractivity contribution in [3.05, 3.63) is 78.3 Å². The van der Waals surface area contributed by atoms with Crippen LogP contribution >= 0.6 is 11.8 Å². The molecular weight excluding hydrogens is 506 g/mol. The Labute approximate surface area is 223 Å². The highest BCUT2D eigenvalue weighted by atomic mass is 32.2. The molecule has 0 bridgehead atoms. The Morgan fingerprint density at radius 1 is 1.05 bits per heavy atom. The van der Waals surface area contributed by atoms with E-state index in [1.165, 1.54) is 11.8 Å². The lowest BCUT2D eigenvalue weighted by atomic mass is 10.1. The van der Waals surface area contributed by atoms with E-state index in [-0.39, 0.29) is 42.9 Å². The Kier molecular flexibility index (Phi) is 7.55. The molecule has 0 radical (unpaired) electrons. The number of nitrogens with one attached hydrogen (secondary N) is 2. The summed E-state index contributed by atoms with van der Waals surface area (Å²) in [5, 5.41) is 6.13. The number of fused-ring (bicyclic) bond motifs is 3. The van der Waals surface area contributed by atoms with Gasteiger partial charge in [-0.3, -0.25) is 19.3 Å². The molecule has 2 aromatic carbocycles. The standard InChI is InChI=1S/C27H25N5O5S/c1-36-18-10-8-17(9-11-18)29-24(34)16-38-27-30-21-7-3-2-6-20(21)25-31-26(35)22(32(25)27)12-13-23(33)28-15-19-5-4-14-37-19/h2-11,14,22H,12-13,15-16H2,1H3,(H,28,33)(H,29,34). The number of anilines is 1. The third kappa shape index (κ3) is 5.62. The number of carbonyl (C=O) groups excluding carboxylic acids is 3. The Bertz CT molecular complexity index is 1400. The number of hydrogen-bond donors (Lipinski definition) is 2. The summed E-state index contributed by atoms with van der Waals surface area (Å²) in [5.41, 5.74) is 2.05.